The zero-order valence-corrected chi connectivity index (χ0v) is 9.04. The minimum atomic E-state index is 0.784. The highest BCUT2D eigenvalue weighted by Gasteiger charge is 2.12. The van der Waals surface area contributed by atoms with Gasteiger partial charge in [-0.3, -0.25) is 4.90 Å². The van der Waals surface area contributed by atoms with E-state index >= 15 is 0 Å². The molecular formula is C11H15NOS. The van der Waals surface area contributed by atoms with Crippen LogP contribution < -0.4 is 4.74 Å². The quantitative estimate of drug-likeness (QED) is 0.762. The third-order valence-electron chi connectivity index (χ3n) is 2.46. The van der Waals surface area contributed by atoms with E-state index in [1.807, 2.05) is 24.3 Å². The Balaban J connectivity index is 1.71. The van der Waals surface area contributed by atoms with Gasteiger partial charge in [-0.05, 0) is 43.8 Å². The second kappa shape index (κ2) is 4.71. The molecule has 0 saturated carbocycles. The van der Waals surface area contributed by atoms with Gasteiger partial charge < -0.3 is 4.74 Å². The Hall–Kier alpha value is -0.670. The number of likely N-dealkylation sites (tertiary alicyclic amines) is 1. The first-order valence-electron chi connectivity index (χ1n) is 4.99. The van der Waals surface area contributed by atoms with Crippen LogP contribution >= 0.6 is 12.6 Å². The van der Waals surface area contributed by atoms with Crippen LogP contribution in [-0.4, -0.2) is 31.1 Å². The van der Waals surface area contributed by atoms with Crippen LogP contribution in [-0.2, 0) is 0 Å². The fourth-order valence-electron chi connectivity index (χ4n) is 1.44. The summed E-state index contributed by atoms with van der Waals surface area (Å²) in [6.07, 6.45) is 1.34. The maximum atomic E-state index is 5.59. The SMILES string of the molecule is Sc1ccc(OCCN2CCC2)cc1. The van der Waals surface area contributed by atoms with Crippen molar-refractivity contribution in [2.75, 3.05) is 26.2 Å². The van der Waals surface area contributed by atoms with Gasteiger partial charge in [0.15, 0.2) is 0 Å². The van der Waals surface area contributed by atoms with Gasteiger partial charge in [0.1, 0.15) is 12.4 Å². The molecule has 0 aromatic heterocycles. The first-order valence-corrected chi connectivity index (χ1v) is 5.43. The molecule has 0 aliphatic carbocycles. The Kier molecular flexibility index (Phi) is 3.32. The number of nitrogens with zero attached hydrogens (tertiary/aromatic N) is 1. The molecule has 0 spiro atoms. The van der Waals surface area contributed by atoms with Crippen molar-refractivity contribution in [2.45, 2.75) is 11.3 Å². The number of rotatable bonds is 4. The maximum Gasteiger partial charge on any atom is 0.119 e. The van der Waals surface area contributed by atoms with Crippen molar-refractivity contribution in [3.8, 4) is 5.75 Å². The van der Waals surface area contributed by atoms with Crippen LogP contribution in [0.3, 0.4) is 0 Å². The second-order valence-corrected chi connectivity index (χ2v) is 4.05. The van der Waals surface area contributed by atoms with Gasteiger partial charge in [-0.1, -0.05) is 0 Å². The Morgan fingerprint density at radius 3 is 2.50 bits per heavy atom. The normalized spacial score (nSPS) is 16.4. The molecule has 2 nitrogen and oxygen atoms in total. The minimum Gasteiger partial charge on any atom is -0.492 e. The van der Waals surface area contributed by atoms with E-state index in [1.165, 1.54) is 19.5 Å². The fourth-order valence-corrected chi connectivity index (χ4v) is 1.59. The molecule has 1 aliphatic heterocycles. The molecule has 76 valence electrons. The largest absolute Gasteiger partial charge is 0.492 e. The van der Waals surface area contributed by atoms with E-state index in [9.17, 15) is 0 Å². The van der Waals surface area contributed by atoms with Gasteiger partial charge in [0.25, 0.3) is 0 Å². The Morgan fingerprint density at radius 2 is 1.93 bits per heavy atom. The molecule has 3 heteroatoms. The van der Waals surface area contributed by atoms with Crippen molar-refractivity contribution in [3.63, 3.8) is 0 Å². The smallest absolute Gasteiger partial charge is 0.119 e. The predicted octanol–water partition coefficient (Wildman–Crippen LogP) is 2.06. The van der Waals surface area contributed by atoms with E-state index in [2.05, 4.69) is 17.5 Å². The first-order chi connectivity index (χ1) is 6.84. The summed E-state index contributed by atoms with van der Waals surface area (Å²) < 4.78 is 5.59. The van der Waals surface area contributed by atoms with Crippen LogP contribution in [0, 0.1) is 0 Å². The maximum absolute atomic E-state index is 5.59. The number of benzene rings is 1. The lowest BCUT2D eigenvalue weighted by atomic mass is 10.2. The van der Waals surface area contributed by atoms with Gasteiger partial charge in [-0.2, -0.15) is 0 Å². The zero-order valence-electron chi connectivity index (χ0n) is 8.15. The zero-order chi connectivity index (χ0) is 9.80. The van der Waals surface area contributed by atoms with E-state index in [1.54, 1.807) is 0 Å². The lowest BCUT2D eigenvalue weighted by molar-refractivity contribution is 0.147. The van der Waals surface area contributed by atoms with Crippen LogP contribution in [0.1, 0.15) is 6.42 Å². The van der Waals surface area contributed by atoms with E-state index in [0.717, 1.165) is 23.8 Å². The van der Waals surface area contributed by atoms with Crippen LogP contribution in [0.15, 0.2) is 29.2 Å². The summed E-state index contributed by atoms with van der Waals surface area (Å²) in [5.41, 5.74) is 0. The summed E-state index contributed by atoms with van der Waals surface area (Å²) in [5.74, 6) is 0.934. The van der Waals surface area contributed by atoms with Crippen LogP contribution in [0.25, 0.3) is 0 Å². The molecule has 1 fully saturated rings. The topological polar surface area (TPSA) is 12.5 Å². The van der Waals surface area contributed by atoms with Gasteiger partial charge in [0.2, 0.25) is 0 Å². The Labute approximate surface area is 90.3 Å². The van der Waals surface area contributed by atoms with Gasteiger partial charge in [-0.15, -0.1) is 12.6 Å². The summed E-state index contributed by atoms with van der Waals surface area (Å²) in [6.45, 7) is 4.30. The molecule has 1 saturated heterocycles. The van der Waals surface area contributed by atoms with E-state index in [-0.39, 0.29) is 0 Å². The molecule has 1 aromatic carbocycles. The standard InChI is InChI=1S/C11H15NOS/c14-11-4-2-10(3-5-11)13-9-8-12-6-1-7-12/h2-5,14H,1,6-9H2. The molecule has 1 aromatic rings. The number of thiol groups is 1. The summed E-state index contributed by atoms with van der Waals surface area (Å²) in [7, 11) is 0. The monoisotopic (exact) mass is 209 g/mol. The molecule has 2 rings (SSSR count). The predicted molar refractivity (Wildman–Crippen MR) is 60.2 cm³/mol. The molecule has 0 bridgehead atoms. The van der Waals surface area contributed by atoms with Crippen molar-refractivity contribution < 1.29 is 4.74 Å². The molecule has 1 aliphatic rings. The molecule has 0 unspecified atom stereocenters. The molecule has 14 heavy (non-hydrogen) atoms. The van der Waals surface area contributed by atoms with Crippen molar-refractivity contribution in [1.29, 1.82) is 0 Å². The third-order valence-corrected chi connectivity index (χ3v) is 2.76. The highest BCUT2D eigenvalue weighted by Crippen LogP contribution is 2.14. The molecule has 0 atom stereocenters. The molecule has 0 radical (unpaired) electrons. The van der Waals surface area contributed by atoms with Crippen LogP contribution in [0.4, 0.5) is 0 Å². The Morgan fingerprint density at radius 1 is 1.21 bits per heavy atom. The van der Waals surface area contributed by atoms with Crippen LogP contribution in [0.2, 0.25) is 0 Å². The van der Waals surface area contributed by atoms with Gasteiger partial charge in [-0.25, -0.2) is 0 Å². The van der Waals surface area contributed by atoms with Crippen molar-refractivity contribution >= 4 is 12.6 Å². The second-order valence-electron chi connectivity index (χ2n) is 3.54. The molecule has 1 heterocycles. The minimum absolute atomic E-state index is 0.784. The van der Waals surface area contributed by atoms with Crippen molar-refractivity contribution in [1.82, 2.24) is 4.90 Å². The third kappa shape index (κ3) is 2.66. The van der Waals surface area contributed by atoms with Gasteiger partial charge in [0.05, 0.1) is 0 Å². The summed E-state index contributed by atoms with van der Waals surface area (Å²) in [4.78, 5) is 3.37. The lowest BCUT2D eigenvalue weighted by Crippen LogP contribution is -2.39. The summed E-state index contributed by atoms with van der Waals surface area (Å²) in [5, 5.41) is 0. The molecule has 0 N–H and O–H groups in total. The fraction of sp³-hybridized carbons (Fsp3) is 0.455. The van der Waals surface area contributed by atoms with Gasteiger partial charge >= 0.3 is 0 Å². The molecular weight excluding hydrogens is 194 g/mol. The number of hydrogen-bond acceptors (Lipinski definition) is 3. The van der Waals surface area contributed by atoms with Crippen molar-refractivity contribution in [3.05, 3.63) is 24.3 Å². The molecule has 0 amide bonds. The van der Waals surface area contributed by atoms with Gasteiger partial charge in [0, 0.05) is 11.4 Å². The van der Waals surface area contributed by atoms with Crippen LogP contribution in [0.5, 0.6) is 5.75 Å². The number of ether oxygens (including phenoxy) is 1. The lowest BCUT2D eigenvalue weighted by Gasteiger charge is -2.30. The van der Waals surface area contributed by atoms with E-state index in [4.69, 9.17) is 4.74 Å². The van der Waals surface area contributed by atoms with Crippen molar-refractivity contribution in [2.24, 2.45) is 0 Å². The van der Waals surface area contributed by atoms with E-state index in [0.29, 0.717) is 0 Å². The number of hydrogen-bond donors (Lipinski definition) is 1. The summed E-state index contributed by atoms with van der Waals surface area (Å²) in [6, 6.07) is 7.81. The Bertz CT molecular complexity index is 282. The van der Waals surface area contributed by atoms with E-state index < -0.39 is 0 Å². The summed E-state index contributed by atoms with van der Waals surface area (Å²) >= 11 is 4.22. The highest BCUT2D eigenvalue weighted by atomic mass is 32.1. The average molecular weight is 209 g/mol. The highest BCUT2D eigenvalue weighted by molar-refractivity contribution is 7.80. The average Bonchev–Trinajstić information content (AvgIpc) is 2.12. The first kappa shape index (κ1) is 9.87.